The molecule has 0 heterocycles. The fraction of sp³-hybridized carbons (Fsp3) is 0.250. The van der Waals surface area contributed by atoms with Gasteiger partial charge in [-0.2, -0.15) is 5.06 Å². The third kappa shape index (κ3) is 2.78. The maximum absolute atomic E-state index is 12.7. The number of halogens is 1. The molecule has 2 rings (SSSR count). The van der Waals surface area contributed by atoms with E-state index < -0.39 is 12.1 Å². The van der Waals surface area contributed by atoms with Crippen LogP contribution in [0.4, 0.5) is 9.18 Å². The summed E-state index contributed by atoms with van der Waals surface area (Å²) >= 11 is 0. The minimum atomic E-state index is -0.910. The van der Waals surface area contributed by atoms with Crippen LogP contribution in [-0.4, -0.2) is 28.4 Å². The smallest absolute Gasteiger partial charge is 0.339 e. The molecular formula is C12H13FN2O3. The van der Waals surface area contributed by atoms with Crippen molar-refractivity contribution in [2.24, 2.45) is 5.73 Å². The van der Waals surface area contributed by atoms with Gasteiger partial charge in [-0.05, 0) is 30.3 Å². The summed E-state index contributed by atoms with van der Waals surface area (Å²) in [7, 11) is 0. The molecule has 1 aliphatic rings. The van der Waals surface area contributed by atoms with Gasteiger partial charge in [-0.3, -0.25) is 5.21 Å². The number of urea groups is 1. The van der Waals surface area contributed by atoms with Gasteiger partial charge in [-0.15, -0.1) is 0 Å². The Morgan fingerprint density at radius 3 is 2.67 bits per heavy atom. The van der Waals surface area contributed by atoms with E-state index in [-0.39, 0.29) is 11.9 Å². The van der Waals surface area contributed by atoms with Crippen molar-refractivity contribution in [2.45, 2.75) is 18.6 Å². The van der Waals surface area contributed by atoms with E-state index in [0.717, 1.165) is 0 Å². The van der Waals surface area contributed by atoms with Gasteiger partial charge in [-0.1, -0.05) is 6.08 Å². The average Bonchev–Trinajstić information content (AvgIpc) is 2.79. The quantitative estimate of drug-likeness (QED) is 0.488. The van der Waals surface area contributed by atoms with Crippen molar-refractivity contribution in [2.75, 3.05) is 0 Å². The fourth-order valence-corrected chi connectivity index (χ4v) is 1.77. The lowest BCUT2D eigenvalue weighted by Crippen LogP contribution is -2.40. The maximum Gasteiger partial charge on any atom is 0.339 e. The highest BCUT2D eigenvalue weighted by atomic mass is 19.1. The number of rotatable bonds is 3. The van der Waals surface area contributed by atoms with Gasteiger partial charge in [-0.25, -0.2) is 9.18 Å². The number of primary amides is 1. The lowest BCUT2D eigenvalue weighted by atomic mass is 10.2. The highest BCUT2D eigenvalue weighted by Gasteiger charge is 2.26. The first kappa shape index (κ1) is 12.4. The van der Waals surface area contributed by atoms with Gasteiger partial charge in [0, 0.05) is 6.42 Å². The zero-order chi connectivity index (χ0) is 13.1. The summed E-state index contributed by atoms with van der Waals surface area (Å²) in [5.41, 5.74) is 4.95. The standard InChI is InChI=1S/C12H13FN2O3/c13-8-1-4-10(5-2-8)18-11-6-3-9(7-11)15(17)12(14)16/h1-6,9,11,17H,7H2,(H2,14,16)/t9-,11-/m0/s1. The van der Waals surface area contributed by atoms with Crippen LogP contribution in [0.5, 0.6) is 5.75 Å². The van der Waals surface area contributed by atoms with E-state index in [2.05, 4.69) is 0 Å². The maximum atomic E-state index is 12.7. The van der Waals surface area contributed by atoms with Gasteiger partial charge >= 0.3 is 6.03 Å². The second-order valence-electron chi connectivity index (χ2n) is 3.98. The molecule has 0 spiro atoms. The van der Waals surface area contributed by atoms with E-state index in [1.807, 2.05) is 0 Å². The predicted molar refractivity (Wildman–Crippen MR) is 61.6 cm³/mol. The molecule has 6 heteroatoms. The van der Waals surface area contributed by atoms with Crippen molar-refractivity contribution in [3.63, 3.8) is 0 Å². The van der Waals surface area contributed by atoms with Crippen LogP contribution in [0.3, 0.4) is 0 Å². The number of amides is 2. The molecule has 2 atom stereocenters. The van der Waals surface area contributed by atoms with E-state index in [9.17, 15) is 14.4 Å². The highest BCUT2D eigenvalue weighted by Crippen LogP contribution is 2.21. The number of hydroxylamine groups is 2. The molecule has 3 N–H and O–H groups in total. The number of ether oxygens (including phenoxy) is 1. The summed E-state index contributed by atoms with van der Waals surface area (Å²) in [6.07, 6.45) is 3.48. The summed E-state index contributed by atoms with van der Waals surface area (Å²) in [6.45, 7) is 0. The monoisotopic (exact) mass is 252 g/mol. The van der Waals surface area contributed by atoms with Gasteiger partial charge in [0.1, 0.15) is 17.7 Å². The molecule has 1 aliphatic carbocycles. The molecule has 2 amide bonds. The summed E-state index contributed by atoms with van der Waals surface area (Å²) in [5.74, 6) is 0.188. The first-order chi connectivity index (χ1) is 8.56. The molecule has 0 aliphatic heterocycles. The van der Waals surface area contributed by atoms with E-state index in [1.165, 1.54) is 24.3 Å². The van der Waals surface area contributed by atoms with Crippen LogP contribution in [-0.2, 0) is 0 Å². The number of carbonyl (C=O) groups is 1. The van der Waals surface area contributed by atoms with E-state index >= 15 is 0 Å². The summed E-state index contributed by atoms with van der Waals surface area (Å²) < 4.78 is 18.2. The van der Waals surface area contributed by atoms with Crippen molar-refractivity contribution in [1.29, 1.82) is 0 Å². The average molecular weight is 252 g/mol. The first-order valence-electron chi connectivity index (χ1n) is 5.44. The Labute approximate surface area is 103 Å². The SMILES string of the molecule is NC(=O)N(O)[C@H]1C=C[C@H](Oc2ccc(F)cc2)C1. The number of nitrogens with two attached hydrogens (primary N) is 1. The molecule has 0 saturated heterocycles. The van der Waals surface area contributed by atoms with E-state index in [1.54, 1.807) is 12.2 Å². The van der Waals surface area contributed by atoms with E-state index in [0.29, 0.717) is 17.2 Å². The van der Waals surface area contributed by atoms with Crippen molar-refractivity contribution in [3.8, 4) is 5.75 Å². The van der Waals surface area contributed by atoms with Crippen LogP contribution >= 0.6 is 0 Å². The van der Waals surface area contributed by atoms with Gasteiger partial charge < -0.3 is 10.5 Å². The molecule has 0 saturated carbocycles. The third-order valence-corrected chi connectivity index (χ3v) is 2.66. The summed E-state index contributed by atoms with van der Waals surface area (Å²) in [5, 5.41) is 9.81. The largest absolute Gasteiger partial charge is 0.486 e. The molecule has 5 nitrogen and oxygen atoms in total. The molecule has 1 aromatic rings. The minimum absolute atomic E-state index is 0.283. The second kappa shape index (κ2) is 5.05. The molecule has 18 heavy (non-hydrogen) atoms. The number of carbonyl (C=O) groups excluding carboxylic acids is 1. The van der Waals surface area contributed by atoms with Gasteiger partial charge in [0.25, 0.3) is 0 Å². The summed E-state index contributed by atoms with van der Waals surface area (Å²) in [6, 6.07) is 4.23. The van der Waals surface area contributed by atoms with E-state index in [4.69, 9.17) is 10.5 Å². The Bertz CT molecular complexity index is 461. The Hall–Kier alpha value is -2.08. The molecule has 1 aromatic carbocycles. The molecule has 0 radical (unpaired) electrons. The second-order valence-corrected chi connectivity index (χ2v) is 3.98. The van der Waals surface area contributed by atoms with Crippen molar-refractivity contribution >= 4 is 6.03 Å². The molecule has 96 valence electrons. The predicted octanol–water partition coefficient (Wildman–Crippen LogP) is 1.67. The lowest BCUT2D eigenvalue weighted by molar-refractivity contribution is -0.0645. The molecule has 0 aromatic heterocycles. The molecular weight excluding hydrogens is 239 g/mol. The first-order valence-corrected chi connectivity index (χ1v) is 5.44. The number of benzene rings is 1. The fourth-order valence-electron chi connectivity index (χ4n) is 1.77. The zero-order valence-corrected chi connectivity index (χ0v) is 9.49. The Kier molecular flexibility index (Phi) is 3.47. The van der Waals surface area contributed by atoms with Crippen LogP contribution < -0.4 is 10.5 Å². The van der Waals surface area contributed by atoms with Crippen LogP contribution in [0.2, 0.25) is 0 Å². The van der Waals surface area contributed by atoms with Crippen molar-refractivity contribution < 1.29 is 19.1 Å². The highest BCUT2D eigenvalue weighted by molar-refractivity contribution is 5.71. The number of hydrogen-bond donors (Lipinski definition) is 2. The van der Waals surface area contributed by atoms with Gasteiger partial charge in [0.05, 0.1) is 6.04 Å². The minimum Gasteiger partial charge on any atom is -0.486 e. The summed E-state index contributed by atoms with van der Waals surface area (Å²) in [4.78, 5) is 10.8. The van der Waals surface area contributed by atoms with Crippen LogP contribution in [0.1, 0.15) is 6.42 Å². The van der Waals surface area contributed by atoms with Gasteiger partial charge in [0.2, 0.25) is 0 Å². The zero-order valence-electron chi connectivity index (χ0n) is 9.49. The van der Waals surface area contributed by atoms with Gasteiger partial charge in [0.15, 0.2) is 0 Å². The number of hydrogen-bond acceptors (Lipinski definition) is 3. The topological polar surface area (TPSA) is 75.8 Å². The van der Waals surface area contributed by atoms with Crippen molar-refractivity contribution in [3.05, 3.63) is 42.2 Å². The van der Waals surface area contributed by atoms with Crippen molar-refractivity contribution in [1.82, 2.24) is 5.06 Å². The normalized spacial score (nSPS) is 21.9. The molecule has 0 fully saturated rings. The Morgan fingerprint density at radius 1 is 1.39 bits per heavy atom. The lowest BCUT2D eigenvalue weighted by Gasteiger charge is -2.20. The Morgan fingerprint density at radius 2 is 2.06 bits per heavy atom. The Balaban J connectivity index is 1.92. The van der Waals surface area contributed by atoms with Crippen LogP contribution in [0.25, 0.3) is 0 Å². The van der Waals surface area contributed by atoms with Crippen LogP contribution in [0, 0.1) is 5.82 Å². The molecule has 0 bridgehead atoms. The van der Waals surface area contributed by atoms with Crippen LogP contribution in [0.15, 0.2) is 36.4 Å². The number of nitrogens with zero attached hydrogens (tertiary/aromatic N) is 1. The molecule has 0 unspecified atom stereocenters. The third-order valence-electron chi connectivity index (χ3n) is 2.66.